The Morgan fingerprint density at radius 2 is 2.00 bits per heavy atom. The van der Waals surface area contributed by atoms with Gasteiger partial charge in [-0.2, -0.15) is 0 Å². The van der Waals surface area contributed by atoms with Crippen LogP contribution in [0.5, 0.6) is 0 Å². The molecule has 3 atom stereocenters. The zero-order valence-corrected chi connectivity index (χ0v) is 14.2. The maximum Gasteiger partial charge on any atom is 0.123 e. The summed E-state index contributed by atoms with van der Waals surface area (Å²) in [7, 11) is 0. The number of aromatic nitrogens is 1. The van der Waals surface area contributed by atoms with Crippen LogP contribution in [-0.4, -0.2) is 29.0 Å². The van der Waals surface area contributed by atoms with Gasteiger partial charge < -0.3 is 5.73 Å². The number of hydrogen-bond acceptors (Lipinski definition) is 4. The molecule has 3 unspecified atom stereocenters. The number of fused-ring (bicyclic) bond motifs is 1. The summed E-state index contributed by atoms with van der Waals surface area (Å²) in [5, 5.41) is 3.33. The first-order valence-corrected chi connectivity index (χ1v) is 8.65. The van der Waals surface area contributed by atoms with Gasteiger partial charge in [-0.05, 0) is 24.7 Å². The smallest absolute Gasteiger partial charge is 0.123 e. The molecule has 1 aliphatic carbocycles. The molecule has 2 aliphatic rings. The topological polar surface area (TPSA) is 42.1 Å². The van der Waals surface area contributed by atoms with Gasteiger partial charge in [0.1, 0.15) is 5.01 Å². The summed E-state index contributed by atoms with van der Waals surface area (Å²) in [6.45, 7) is 3.34. The van der Waals surface area contributed by atoms with Crippen LogP contribution in [0.3, 0.4) is 0 Å². The average molecular weight is 336 g/mol. The van der Waals surface area contributed by atoms with Crippen molar-refractivity contribution in [1.82, 2.24) is 9.88 Å². The van der Waals surface area contributed by atoms with Crippen LogP contribution in [-0.2, 0) is 6.54 Å². The van der Waals surface area contributed by atoms with E-state index in [1.807, 2.05) is 6.07 Å². The van der Waals surface area contributed by atoms with E-state index in [1.54, 1.807) is 11.3 Å². The third-order valence-corrected chi connectivity index (χ3v) is 5.89. The van der Waals surface area contributed by atoms with Crippen LogP contribution in [0.25, 0.3) is 10.6 Å². The molecule has 0 amide bonds. The molecule has 1 saturated carbocycles. The molecule has 1 aliphatic heterocycles. The molecule has 2 aromatic rings. The van der Waals surface area contributed by atoms with Gasteiger partial charge in [-0.1, -0.05) is 30.3 Å². The first kappa shape index (κ1) is 15.9. The van der Waals surface area contributed by atoms with E-state index in [1.165, 1.54) is 30.6 Å². The number of halogens is 1. The van der Waals surface area contributed by atoms with Gasteiger partial charge in [0, 0.05) is 36.6 Å². The van der Waals surface area contributed by atoms with E-state index in [0.717, 1.165) is 29.9 Å². The summed E-state index contributed by atoms with van der Waals surface area (Å²) in [4.78, 5) is 7.34. The van der Waals surface area contributed by atoms with Crippen molar-refractivity contribution in [3.05, 3.63) is 41.4 Å². The molecule has 3 nitrogen and oxygen atoms in total. The molecule has 0 spiro atoms. The lowest BCUT2D eigenvalue weighted by molar-refractivity contribution is 0.295. The Kier molecular flexibility index (Phi) is 4.83. The molecule has 5 heteroatoms. The van der Waals surface area contributed by atoms with Crippen molar-refractivity contribution in [2.75, 3.05) is 13.1 Å². The third-order valence-electron chi connectivity index (χ3n) is 4.95. The van der Waals surface area contributed by atoms with Crippen LogP contribution < -0.4 is 5.73 Å². The molecule has 1 saturated heterocycles. The van der Waals surface area contributed by atoms with Crippen LogP contribution in [0.15, 0.2) is 35.7 Å². The number of nitrogens with zero attached hydrogens (tertiary/aromatic N) is 2. The standard InChI is InChI=1S/C17H21N3S.ClH/c18-16-7-6-13-8-20(10-15(13)16)9-14-11-21-17(19-14)12-4-2-1-3-5-12;/h1-5,11,13,15-16H,6-10,18H2;1H. The van der Waals surface area contributed by atoms with Gasteiger partial charge in [-0.25, -0.2) is 4.98 Å². The maximum absolute atomic E-state index is 6.22. The second kappa shape index (κ2) is 6.67. The summed E-state index contributed by atoms with van der Waals surface area (Å²) < 4.78 is 0. The molecular formula is C17H22ClN3S. The van der Waals surface area contributed by atoms with Gasteiger partial charge in [-0.15, -0.1) is 23.7 Å². The van der Waals surface area contributed by atoms with Crippen molar-refractivity contribution in [2.24, 2.45) is 17.6 Å². The van der Waals surface area contributed by atoms with Crippen molar-refractivity contribution in [3.8, 4) is 10.6 Å². The van der Waals surface area contributed by atoms with Gasteiger partial charge in [-0.3, -0.25) is 4.90 Å². The summed E-state index contributed by atoms with van der Waals surface area (Å²) in [5.74, 6) is 1.55. The molecular weight excluding hydrogens is 314 g/mol. The zero-order chi connectivity index (χ0) is 14.2. The fraction of sp³-hybridized carbons (Fsp3) is 0.471. The van der Waals surface area contributed by atoms with Gasteiger partial charge in [0.25, 0.3) is 0 Å². The molecule has 1 aromatic heterocycles. The van der Waals surface area contributed by atoms with Crippen molar-refractivity contribution in [1.29, 1.82) is 0 Å². The van der Waals surface area contributed by atoms with Crippen molar-refractivity contribution < 1.29 is 0 Å². The number of benzene rings is 1. The van der Waals surface area contributed by atoms with E-state index in [9.17, 15) is 0 Å². The zero-order valence-electron chi connectivity index (χ0n) is 12.5. The van der Waals surface area contributed by atoms with Crippen LogP contribution in [0.1, 0.15) is 18.5 Å². The molecule has 2 fully saturated rings. The van der Waals surface area contributed by atoms with Crippen LogP contribution in [0, 0.1) is 11.8 Å². The van der Waals surface area contributed by atoms with Gasteiger partial charge in [0.05, 0.1) is 5.69 Å². The fourth-order valence-corrected chi connectivity index (χ4v) is 4.67. The van der Waals surface area contributed by atoms with E-state index in [4.69, 9.17) is 10.7 Å². The molecule has 0 radical (unpaired) electrons. The number of likely N-dealkylation sites (tertiary alicyclic amines) is 1. The lowest BCUT2D eigenvalue weighted by Gasteiger charge is -2.17. The second-order valence-corrected chi connectivity index (χ2v) is 7.23. The minimum absolute atomic E-state index is 0. The minimum atomic E-state index is 0. The molecule has 0 bridgehead atoms. The van der Waals surface area contributed by atoms with E-state index in [-0.39, 0.29) is 12.4 Å². The first-order valence-electron chi connectivity index (χ1n) is 7.77. The number of nitrogens with two attached hydrogens (primary N) is 1. The van der Waals surface area contributed by atoms with Crippen molar-refractivity contribution in [3.63, 3.8) is 0 Å². The van der Waals surface area contributed by atoms with Crippen LogP contribution >= 0.6 is 23.7 Å². The highest BCUT2D eigenvalue weighted by molar-refractivity contribution is 7.13. The largest absolute Gasteiger partial charge is 0.327 e. The Morgan fingerprint density at radius 3 is 2.77 bits per heavy atom. The number of hydrogen-bond donors (Lipinski definition) is 1. The Morgan fingerprint density at radius 1 is 1.18 bits per heavy atom. The fourth-order valence-electron chi connectivity index (χ4n) is 3.85. The van der Waals surface area contributed by atoms with E-state index < -0.39 is 0 Å². The maximum atomic E-state index is 6.22. The Bertz CT molecular complexity index is 615. The van der Waals surface area contributed by atoms with Crippen LogP contribution in [0.4, 0.5) is 0 Å². The third kappa shape index (κ3) is 3.06. The average Bonchev–Trinajstić information content (AvgIpc) is 3.19. The molecule has 1 aromatic carbocycles. The SMILES string of the molecule is Cl.NC1CCC2CN(Cc3csc(-c4ccccc4)n3)CC12. The quantitative estimate of drug-likeness (QED) is 0.934. The molecule has 2 heterocycles. The lowest BCUT2D eigenvalue weighted by Crippen LogP contribution is -2.30. The predicted molar refractivity (Wildman–Crippen MR) is 94.3 cm³/mol. The molecule has 4 rings (SSSR count). The highest BCUT2D eigenvalue weighted by Gasteiger charge is 2.40. The van der Waals surface area contributed by atoms with Gasteiger partial charge in [0.2, 0.25) is 0 Å². The van der Waals surface area contributed by atoms with Gasteiger partial charge >= 0.3 is 0 Å². The summed E-state index contributed by atoms with van der Waals surface area (Å²) in [5.41, 5.74) is 8.63. The van der Waals surface area contributed by atoms with Crippen LogP contribution in [0.2, 0.25) is 0 Å². The van der Waals surface area contributed by atoms with E-state index >= 15 is 0 Å². The summed E-state index contributed by atoms with van der Waals surface area (Å²) in [6.07, 6.45) is 2.53. The Balaban J connectivity index is 0.00000144. The highest BCUT2D eigenvalue weighted by atomic mass is 35.5. The Hall–Kier alpha value is -0.940. The number of rotatable bonds is 3. The second-order valence-electron chi connectivity index (χ2n) is 6.37. The predicted octanol–water partition coefficient (Wildman–Crippen LogP) is 3.40. The molecule has 118 valence electrons. The van der Waals surface area contributed by atoms with Crippen molar-refractivity contribution >= 4 is 23.7 Å². The summed E-state index contributed by atoms with van der Waals surface area (Å²) in [6, 6.07) is 10.9. The molecule has 22 heavy (non-hydrogen) atoms. The minimum Gasteiger partial charge on any atom is -0.327 e. The van der Waals surface area contributed by atoms with Gasteiger partial charge in [0.15, 0.2) is 0 Å². The first-order chi connectivity index (χ1) is 10.3. The highest BCUT2D eigenvalue weighted by Crippen LogP contribution is 2.37. The van der Waals surface area contributed by atoms with E-state index in [2.05, 4.69) is 34.5 Å². The molecule has 2 N–H and O–H groups in total. The normalized spacial score (nSPS) is 27.6. The monoisotopic (exact) mass is 335 g/mol. The van der Waals surface area contributed by atoms with E-state index in [0.29, 0.717) is 6.04 Å². The lowest BCUT2D eigenvalue weighted by atomic mass is 9.98. The number of thiazole rings is 1. The summed E-state index contributed by atoms with van der Waals surface area (Å²) >= 11 is 1.75. The van der Waals surface area contributed by atoms with Crippen molar-refractivity contribution in [2.45, 2.75) is 25.4 Å². The Labute approximate surface area is 142 Å².